The van der Waals surface area contributed by atoms with Crippen molar-refractivity contribution in [2.45, 2.75) is 32.3 Å². The van der Waals surface area contributed by atoms with Crippen LogP contribution in [0.3, 0.4) is 0 Å². The second-order valence-corrected chi connectivity index (χ2v) is 8.05. The molecule has 1 aromatic heterocycles. The first-order valence-electron chi connectivity index (χ1n) is 8.26. The monoisotopic (exact) mass is 403 g/mol. The van der Waals surface area contributed by atoms with Gasteiger partial charge in [-0.15, -0.1) is 0 Å². The minimum Gasteiger partial charge on any atom is -0.470 e. The third kappa shape index (κ3) is 4.31. The van der Waals surface area contributed by atoms with Crippen LogP contribution in [-0.2, 0) is 5.41 Å². The Hall–Kier alpha value is -2.08. The van der Waals surface area contributed by atoms with Gasteiger partial charge in [0, 0.05) is 11.9 Å². The number of urea groups is 1. The Kier molecular flexibility index (Phi) is 4.99. The number of anilines is 1. The number of amides is 2. The molecule has 2 amide bonds. The van der Waals surface area contributed by atoms with Crippen LogP contribution in [0.4, 0.5) is 10.5 Å². The highest BCUT2D eigenvalue weighted by Crippen LogP contribution is 2.26. The van der Waals surface area contributed by atoms with Crippen LogP contribution in [0.25, 0.3) is 0 Å². The number of ether oxygens (including phenoxy) is 1. The Morgan fingerprint density at radius 3 is 2.52 bits per heavy atom. The fourth-order valence-electron chi connectivity index (χ4n) is 2.55. The minimum atomic E-state index is -0.108. The molecule has 6 heteroatoms. The lowest BCUT2D eigenvalue weighted by atomic mass is 9.87. The van der Waals surface area contributed by atoms with Crippen LogP contribution >= 0.6 is 15.9 Å². The molecule has 1 N–H and O–H groups in total. The zero-order valence-electron chi connectivity index (χ0n) is 14.6. The fourth-order valence-corrected chi connectivity index (χ4v) is 2.90. The first kappa shape index (κ1) is 17.7. The first-order valence-corrected chi connectivity index (χ1v) is 9.06. The van der Waals surface area contributed by atoms with Crippen LogP contribution in [0.2, 0.25) is 0 Å². The minimum absolute atomic E-state index is 0.0276. The molecule has 0 atom stereocenters. The summed E-state index contributed by atoms with van der Waals surface area (Å²) in [7, 11) is 0. The number of nitrogens with zero attached hydrogens (tertiary/aromatic N) is 2. The van der Waals surface area contributed by atoms with E-state index < -0.39 is 0 Å². The van der Waals surface area contributed by atoms with Crippen molar-refractivity contribution in [1.29, 1.82) is 0 Å². The first-order chi connectivity index (χ1) is 11.8. The van der Waals surface area contributed by atoms with Gasteiger partial charge in [0.15, 0.2) is 0 Å². The number of carbonyl (C=O) groups is 1. The number of nitrogens with one attached hydrogen (secondary N) is 1. The lowest BCUT2D eigenvalue weighted by molar-refractivity contribution is 0.0455. The SMILES string of the molecule is CC(C)(C)c1ccc(NC(=O)N2CC(Oc3ncccc3Br)C2)cc1. The molecule has 1 aromatic carbocycles. The Morgan fingerprint density at radius 2 is 1.92 bits per heavy atom. The molecular formula is C19H22BrN3O2. The lowest BCUT2D eigenvalue weighted by Gasteiger charge is -2.38. The number of halogens is 1. The van der Waals surface area contributed by atoms with E-state index in [0.717, 1.165) is 10.2 Å². The molecule has 0 radical (unpaired) electrons. The highest BCUT2D eigenvalue weighted by atomic mass is 79.9. The third-order valence-electron chi connectivity index (χ3n) is 4.14. The molecule has 2 heterocycles. The largest absolute Gasteiger partial charge is 0.470 e. The molecule has 0 bridgehead atoms. The molecule has 0 unspecified atom stereocenters. The van der Waals surface area contributed by atoms with Crippen LogP contribution in [0, 0.1) is 0 Å². The van der Waals surface area contributed by atoms with Crippen molar-refractivity contribution < 1.29 is 9.53 Å². The summed E-state index contributed by atoms with van der Waals surface area (Å²) in [6.45, 7) is 7.60. The number of hydrogen-bond acceptors (Lipinski definition) is 3. The van der Waals surface area contributed by atoms with Crippen LogP contribution in [0.15, 0.2) is 47.1 Å². The van der Waals surface area contributed by atoms with Gasteiger partial charge >= 0.3 is 6.03 Å². The maximum atomic E-state index is 12.3. The molecule has 1 aliphatic rings. The van der Waals surface area contributed by atoms with Crippen molar-refractivity contribution in [3.8, 4) is 5.88 Å². The van der Waals surface area contributed by atoms with Crippen molar-refractivity contribution in [1.82, 2.24) is 9.88 Å². The second kappa shape index (κ2) is 7.04. The highest BCUT2D eigenvalue weighted by molar-refractivity contribution is 9.10. The standard InChI is InChI=1S/C19H22BrN3O2/c1-19(2,3)13-6-8-14(9-7-13)22-18(24)23-11-15(12-23)25-17-16(20)5-4-10-21-17/h4-10,15H,11-12H2,1-3H3,(H,22,24). The number of pyridine rings is 1. The molecule has 1 saturated heterocycles. The zero-order valence-corrected chi connectivity index (χ0v) is 16.2. The Balaban J connectivity index is 1.50. The molecule has 0 aliphatic carbocycles. The number of likely N-dealkylation sites (tertiary alicyclic amines) is 1. The molecule has 5 nitrogen and oxygen atoms in total. The summed E-state index contributed by atoms with van der Waals surface area (Å²) in [6.07, 6.45) is 1.66. The van der Waals surface area contributed by atoms with Gasteiger partial charge in [-0.05, 0) is 51.2 Å². The van der Waals surface area contributed by atoms with Crippen LogP contribution in [-0.4, -0.2) is 35.1 Å². The Morgan fingerprint density at radius 1 is 1.24 bits per heavy atom. The van der Waals surface area contributed by atoms with Crippen molar-refractivity contribution >= 4 is 27.6 Å². The molecule has 2 aromatic rings. The summed E-state index contributed by atoms with van der Waals surface area (Å²) in [6, 6.07) is 11.6. The van der Waals surface area contributed by atoms with Crippen molar-refractivity contribution in [2.24, 2.45) is 0 Å². The molecular weight excluding hydrogens is 382 g/mol. The van der Waals surface area contributed by atoms with E-state index in [1.54, 1.807) is 11.1 Å². The van der Waals surface area contributed by atoms with E-state index in [4.69, 9.17) is 4.74 Å². The molecule has 3 rings (SSSR count). The summed E-state index contributed by atoms with van der Waals surface area (Å²) >= 11 is 3.41. The summed E-state index contributed by atoms with van der Waals surface area (Å²) < 4.78 is 6.60. The predicted molar refractivity (Wildman–Crippen MR) is 102 cm³/mol. The van der Waals surface area contributed by atoms with Gasteiger partial charge in [0.25, 0.3) is 0 Å². The summed E-state index contributed by atoms with van der Waals surface area (Å²) in [5, 5.41) is 2.92. The van der Waals surface area contributed by atoms with Crippen LogP contribution < -0.4 is 10.1 Å². The Labute approximate surface area is 156 Å². The lowest BCUT2D eigenvalue weighted by Crippen LogP contribution is -2.57. The summed E-state index contributed by atoms with van der Waals surface area (Å²) in [4.78, 5) is 18.2. The predicted octanol–water partition coefficient (Wildman–Crippen LogP) is 4.44. The highest BCUT2D eigenvalue weighted by Gasteiger charge is 2.33. The fraction of sp³-hybridized carbons (Fsp3) is 0.368. The molecule has 1 fully saturated rings. The van der Waals surface area contributed by atoms with E-state index >= 15 is 0 Å². The second-order valence-electron chi connectivity index (χ2n) is 7.19. The molecule has 0 saturated carbocycles. The van der Waals surface area contributed by atoms with Gasteiger partial charge in [-0.25, -0.2) is 9.78 Å². The zero-order chi connectivity index (χ0) is 18.0. The van der Waals surface area contributed by atoms with Gasteiger partial charge in [0.05, 0.1) is 17.6 Å². The van der Waals surface area contributed by atoms with E-state index in [9.17, 15) is 4.79 Å². The van der Waals surface area contributed by atoms with Gasteiger partial charge in [-0.1, -0.05) is 32.9 Å². The van der Waals surface area contributed by atoms with Gasteiger partial charge in [-0.2, -0.15) is 0 Å². The smallest absolute Gasteiger partial charge is 0.322 e. The number of aromatic nitrogens is 1. The molecule has 0 spiro atoms. The maximum Gasteiger partial charge on any atom is 0.322 e. The van der Waals surface area contributed by atoms with Crippen LogP contribution in [0.5, 0.6) is 5.88 Å². The van der Waals surface area contributed by atoms with E-state index in [2.05, 4.69) is 59.1 Å². The topological polar surface area (TPSA) is 54.5 Å². The maximum absolute atomic E-state index is 12.3. The Bertz CT molecular complexity index is 750. The summed E-state index contributed by atoms with van der Waals surface area (Å²) in [5.74, 6) is 0.560. The van der Waals surface area contributed by atoms with Gasteiger partial charge in [0.1, 0.15) is 6.10 Å². The molecule has 132 valence electrons. The van der Waals surface area contributed by atoms with Crippen molar-refractivity contribution in [3.05, 3.63) is 52.6 Å². The molecule has 25 heavy (non-hydrogen) atoms. The van der Waals surface area contributed by atoms with Crippen LogP contribution in [0.1, 0.15) is 26.3 Å². The number of rotatable bonds is 3. The third-order valence-corrected chi connectivity index (χ3v) is 4.74. The number of carbonyl (C=O) groups excluding carboxylic acids is 1. The van der Waals surface area contributed by atoms with Gasteiger partial charge in [0.2, 0.25) is 5.88 Å². The number of hydrogen-bond donors (Lipinski definition) is 1. The average Bonchev–Trinajstić information content (AvgIpc) is 2.51. The average molecular weight is 404 g/mol. The van der Waals surface area contributed by atoms with Gasteiger partial charge in [-0.3, -0.25) is 0 Å². The van der Waals surface area contributed by atoms with E-state index in [1.165, 1.54) is 5.56 Å². The molecule has 1 aliphatic heterocycles. The number of benzene rings is 1. The van der Waals surface area contributed by atoms with Crippen molar-refractivity contribution in [3.63, 3.8) is 0 Å². The van der Waals surface area contributed by atoms with E-state index in [-0.39, 0.29) is 17.6 Å². The van der Waals surface area contributed by atoms with E-state index in [0.29, 0.717) is 19.0 Å². The van der Waals surface area contributed by atoms with Crippen molar-refractivity contribution in [2.75, 3.05) is 18.4 Å². The quantitative estimate of drug-likeness (QED) is 0.823. The normalized spacial score (nSPS) is 14.8. The van der Waals surface area contributed by atoms with E-state index in [1.807, 2.05) is 24.3 Å². The van der Waals surface area contributed by atoms with Gasteiger partial charge < -0.3 is 15.0 Å². The summed E-state index contributed by atoms with van der Waals surface area (Å²) in [5.41, 5.74) is 2.14.